The molecule has 2 saturated heterocycles. The van der Waals surface area contributed by atoms with Crippen molar-refractivity contribution in [2.24, 2.45) is 17.8 Å². The first-order chi connectivity index (χ1) is 21.3. The molecule has 0 aromatic heterocycles. The van der Waals surface area contributed by atoms with E-state index in [-0.39, 0.29) is 37.8 Å². The van der Waals surface area contributed by atoms with Gasteiger partial charge in [0.2, 0.25) is 12.1 Å². The molecule has 9 atom stereocenters. The van der Waals surface area contributed by atoms with E-state index in [9.17, 15) is 50.4 Å². The monoisotopic (exact) mass is 643 g/mol. The molecule has 15 heteroatoms. The zero-order valence-corrected chi connectivity index (χ0v) is 25.0. The molecule has 0 spiro atoms. The Kier molecular flexibility index (Phi) is 11.8. The second kappa shape index (κ2) is 15.0. The highest BCUT2D eigenvalue weighted by Gasteiger charge is 2.57. The number of aliphatic hydroxyl groups excluding tert-OH is 4. The first-order valence-electron chi connectivity index (χ1n) is 15.3. The molecular weight excluding hydrogens is 598 g/mol. The lowest BCUT2D eigenvalue weighted by Gasteiger charge is -2.47. The molecular formula is C30H45NO14. The molecule has 2 unspecified atom stereocenters. The molecule has 45 heavy (non-hydrogen) atoms. The summed E-state index contributed by atoms with van der Waals surface area (Å²) >= 11 is 0. The standard InChI is InChI=1S/C30H45NO14/c1-2-20-27(45-28-24(35)30(40,41)23(34)22(15-33)44-28)42-16-21(26(38)43-19-6-4-3-5-7-19)29(20,39)9-8-17-12-18(25(36)37)14-31(13-17)10-11-32/h2,8-9,16-20,22-24,27-28,32-35,39-41H,1,3-7,10-15H2,(H,36,37)/t17?,18?,20-,22-,23-,24+,27+,28-,29-/m1/s1. The summed E-state index contributed by atoms with van der Waals surface area (Å²) in [4.78, 5) is 27.1. The predicted molar refractivity (Wildman–Crippen MR) is 152 cm³/mol. The fraction of sp³-hybridized carbons (Fsp3) is 0.733. The summed E-state index contributed by atoms with van der Waals surface area (Å²) in [7, 11) is 0. The van der Waals surface area contributed by atoms with Gasteiger partial charge in [-0.15, -0.1) is 6.58 Å². The third-order valence-corrected chi connectivity index (χ3v) is 9.04. The van der Waals surface area contributed by atoms with Gasteiger partial charge in [-0.2, -0.15) is 0 Å². The van der Waals surface area contributed by atoms with Crippen LogP contribution >= 0.6 is 0 Å². The summed E-state index contributed by atoms with van der Waals surface area (Å²) in [6.07, 6.45) is -0.322. The number of esters is 1. The maximum atomic E-state index is 13.5. The van der Waals surface area contributed by atoms with Crippen LogP contribution in [0.4, 0.5) is 0 Å². The fourth-order valence-corrected chi connectivity index (χ4v) is 6.43. The van der Waals surface area contributed by atoms with Crippen LogP contribution < -0.4 is 0 Å². The molecule has 0 amide bonds. The van der Waals surface area contributed by atoms with Crippen LogP contribution in [-0.2, 0) is 28.5 Å². The number of carboxylic acids is 1. The van der Waals surface area contributed by atoms with Crippen LogP contribution in [0.15, 0.2) is 36.6 Å². The third-order valence-electron chi connectivity index (χ3n) is 9.04. The molecule has 1 aliphatic carbocycles. The third kappa shape index (κ3) is 7.76. The predicted octanol–water partition coefficient (Wildman–Crippen LogP) is -1.66. The molecule has 1 saturated carbocycles. The van der Waals surface area contributed by atoms with Gasteiger partial charge in [0, 0.05) is 19.6 Å². The van der Waals surface area contributed by atoms with Crippen molar-refractivity contribution in [1.82, 2.24) is 4.90 Å². The van der Waals surface area contributed by atoms with Gasteiger partial charge in [0.05, 0.1) is 25.0 Å². The summed E-state index contributed by atoms with van der Waals surface area (Å²) < 4.78 is 22.5. The Hall–Kier alpha value is -2.44. The smallest absolute Gasteiger partial charge is 0.340 e. The number of aliphatic carboxylic acids is 1. The lowest BCUT2D eigenvalue weighted by Crippen LogP contribution is -2.68. The second-order valence-corrected chi connectivity index (χ2v) is 12.2. The van der Waals surface area contributed by atoms with Crippen LogP contribution in [0.25, 0.3) is 0 Å². The van der Waals surface area contributed by atoms with E-state index in [1.807, 2.05) is 0 Å². The van der Waals surface area contributed by atoms with Crippen molar-refractivity contribution in [2.75, 3.05) is 32.8 Å². The molecule has 3 fully saturated rings. The Labute approximate surface area is 260 Å². The number of ether oxygens (including phenoxy) is 4. The Bertz CT molecular complexity index is 1110. The van der Waals surface area contributed by atoms with Gasteiger partial charge in [0.15, 0.2) is 12.4 Å². The quantitative estimate of drug-likeness (QED) is 0.0715. The van der Waals surface area contributed by atoms with Crippen molar-refractivity contribution in [2.45, 2.75) is 86.9 Å². The lowest BCUT2D eigenvalue weighted by molar-refractivity contribution is -0.405. The molecule has 8 N–H and O–H groups in total. The molecule has 0 aromatic carbocycles. The summed E-state index contributed by atoms with van der Waals surface area (Å²) in [5.74, 6) is -7.44. The first-order valence-corrected chi connectivity index (χ1v) is 15.3. The van der Waals surface area contributed by atoms with Crippen LogP contribution in [0.5, 0.6) is 0 Å². The van der Waals surface area contributed by atoms with E-state index in [1.165, 1.54) is 12.2 Å². The molecule has 0 radical (unpaired) electrons. The first kappa shape index (κ1) is 35.4. The number of nitrogens with zero attached hydrogens (tertiary/aromatic N) is 1. The van der Waals surface area contributed by atoms with Crippen molar-refractivity contribution in [3.05, 3.63) is 36.6 Å². The van der Waals surface area contributed by atoms with E-state index >= 15 is 0 Å². The van der Waals surface area contributed by atoms with Crippen molar-refractivity contribution in [3.63, 3.8) is 0 Å². The molecule has 254 valence electrons. The van der Waals surface area contributed by atoms with Gasteiger partial charge in [-0.1, -0.05) is 24.6 Å². The topological polar surface area (TPSA) is 236 Å². The van der Waals surface area contributed by atoms with Crippen molar-refractivity contribution < 1.29 is 69.4 Å². The van der Waals surface area contributed by atoms with Crippen molar-refractivity contribution in [3.8, 4) is 0 Å². The van der Waals surface area contributed by atoms with E-state index < -0.39 is 78.6 Å². The normalized spacial score (nSPS) is 37.9. The lowest BCUT2D eigenvalue weighted by atomic mass is 9.77. The van der Waals surface area contributed by atoms with Gasteiger partial charge < -0.3 is 59.8 Å². The molecule has 3 heterocycles. The Balaban J connectivity index is 1.65. The molecule has 4 rings (SSSR count). The number of carbonyl (C=O) groups excluding carboxylic acids is 1. The van der Waals surface area contributed by atoms with E-state index in [0.29, 0.717) is 19.4 Å². The van der Waals surface area contributed by atoms with Gasteiger partial charge in [-0.25, -0.2) is 4.79 Å². The summed E-state index contributed by atoms with van der Waals surface area (Å²) in [6.45, 7) is 3.60. The van der Waals surface area contributed by atoms with Gasteiger partial charge in [-0.3, -0.25) is 9.69 Å². The van der Waals surface area contributed by atoms with Crippen LogP contribution in [0, 0.1) is 17.8 Å². The van der Waals surface area contributed by atoms with Crippen LogP contribution in [0.2, 0.25) is 0 Å². The van der Waals surface area contributed by atoms with Crippen LogP contribution in [0.1, 0.15) is 38.5 Å². The SMILES string of the molecule is C=C[C@@H]1[C@H](O[C@H]2O[C@H](CO)[C@@H](O)C(O)(O)[C@H]2O)OC=C(C(=O)OC2CCCCC2)[C@@]1(O)C=CC1CC(C(=O)O)CN(CCO)C1. The van der Waals surface area contributed by atoms with Gasteiger partial charge in [0.1, 0.15) is 35.7 Å². The number of hydrogen-bond acceptors (Lipinski definition) is 14. The molecule has 0 bridgehead atoms. The molecule has 4 aliphatic rings. The highest BCUT2D eigenvalue weighted by molar-refractivity contribution is 5.91. The number of β-amino-alcohol motifs (C(OH)–C–C–N with tert-alkyl or cyclic N) is 1. The second-order valence-electron chi connectivity index (χ2n) is 12.2. The van der Waals surface area contributed by atoms with E-state index in [4.69, 9.17) is 18.9 Å². The van der Waals surface area contributed by atoms with E-state index in [1.54, 1.807) is 11.0 Å². The van der Waals surface area contributed by atoms with Gasteiger partial charge in [0.25, 0.3) is 0 Å². The van der Waals surface area contributed by atoms with Gasteiger partial charge >= 0.3 is 11.9 Å². The molecule has 0 aromatic rings. The minimum absolute atomic E-state index is 0.173. The minimum Gasteiger partial charge on any atom is -0.481 e. The average molecular weight is 644 g/mol. The number of rotatable bonds is 11. The summed E-state index contributed by atoms with van der Waals surface area (Å²) in [5.41, 5.74) is -2.50. The maximum Gasteiger partial charge on any atom is 0.340 e. The number of carboxylic acid groups (broad SMARTS) is 1. The minimum atomic E-state index is -3.14. The Morgan fingerprint density at radius 2 is 1.78 bits per heavy atom. The molecule has 15 nitrogen and oxygen atoms in total. The van der Waals surface area contributed by atoms with E-state index in [2.05, 4.69) is 6.58 Å². The fourth-order valence-electron chi connectivity index (χ4n) is 6.43. The highest BCUT2D eigenvalue weighted by Crippen LogP contribution is 2.41. The highest BCUT2D eigenvalue weighted by atomic mass is 16.8. The number of aliphatic hydroxyl groups is 7. The average Bonchev–Trinajstić information content (AvgIpc) is 3.01. The zero-order valence-electron chi connectivity index (χ0n) is 25.0. The largest absolute Gasteiger partial charge is 0.481 e. The zero-order chi connectivity index (χ0) is 32.9. The summed E-state index contributed by atoms with van der Waals surface area (Å²) in [6, 6.07) is 0. The van der Waals surface area contributed by atoms with Crippen LogP contribution in [-0.4, -0.2) is 139 Å². The van der Waals surface area contributed by atoms with Crippen molar-refractivity contribution in [1.29, 1.82) is 0 Å². The Morgan fingerprint density at radius 1 is 1.07 bits per heavy atom. The van der Waals surface area contributed by atoms with Gasteiger partial charge in [-0.05, 0) is 38.0 Å². The number of likely N-dealkylation sites (tertiary alicyclic amines) is 1. The number of hydrogen-bond donors (Lipinski definition) is 8. The number of piperidine rings is 1. The summed E-state index contributed by atoms with van der Waals surface area (Å²) in [5, 5.41) is 82.1. The maximum absolute atomic E-state index is 13.5. The Morgan fingerprint density at radius 3 is 2.40 bits per heavy atom. The van der Waals surface area contributed by atoms with Crippen LogP contribution in [0.3, 0.4) is 0 Å². The van der Waals surface area contributed by atoms with E-state index in [0.717, 1.165) is 25.5 Å². The molecule has 3 aliphatic heterocycles. The van der Waals surface area contributed by atoms with Crippen molar-refractivity contribution >= 4 is 11.9 Å². The number of carbonyl (C=O) groups is 2.